The van der Waals surface area contributed by atoms with Crippen LogP contribution in [0.1, 0.15) is 18.4 Å². The Morgan fingerprint density at radius 2 is 2.50 bits per heavy atom. The summed E-state index contributed by atoms with van der Waals surface area (Å²) in [7, 11) is 0. The largest absolute Gasteiger partial charge is 0.328 e. The molecule has 0 fully saturated rings. The SMILES string of the molecule is CCc1nc(Cl)c2n1CCNC2. The Labute approximate surface area is 76.7 Å². The number of imidazole rings is 1. The van der Waals surface area contributed by atoms with Crippen LogP contribution >= 0.6 is 11.6 Å². The van der Waals surface area contributed by atoms with Gasteiger partial charge in [0.15, 0.2) is 5.15 Å². The summed E-state index contributed by atoms with van der Waals surface area (Å²) in [5.41, 5.74) is 1.14. The van der Waals surface area contributed by atoms with Crippen molar-refractivity contribution in [1.29, 1.82) is 0 Å². The lowest BCUT2D eigenvalue weighted by Gasteiger charge is -2.17. The van der Waals surface area contributed by atoms with Crippen molar-refractivity contribution in [3.63, 3.8) is 0 Å². The first-order valence-corrected chi connectivity index (χ1v) is 4.65. The lowest BCUT2D eigenvalue weighted by atomic mass is 10.3. The van der Waals surface area contributed by atoms with Crippen LogP contribution in [0, 0.1) is 0 Å². The van der Waals surface area contributed by atoms with Gasteiger partial charge in [0.25, 0.3) is 0 Å². The number of nitrogens with one attached hydrogen (secondary N) is 1. The summed E-state index contributed by atoms with van der Waals surface area (Å²) in [6.07, 6.45) is 0.958. The molecule has 0 aromatic carbocycles. The van der Waals surface area contributed by atoms with E-state index in [1.54, 1.807) is 0 Å². The third kappa shape index (κ3) is 1.13. The quantitative estimate of drug-likeness (QED) is 0.713. The Hall–Kier alpha value is -0.540. The highest BCUT2D eigenvalue weighted by atomic mass is 35.5. The fraction of sp³-hybridized carbons (Fsp3) is 0.625. The first-order valence-electron chi connectivity index (χ1n) is 4.27. The first kappa shape index (κ1) is 8.08. The second-order valence-electron chi connectivity index (χ2n) is 2.95. The van der Waals surface area contributed by atoms with E-state index in [1.165, 1.54) is 0 Å². The van der Waals surface area contributed by atoms with Crippen molar-refractivity contribution in [1.82, 2.24) is 14.9 Å². The van der Waals surface area contributed by atoms with Gasteiger partial charge in [-0.25, -0.2) is 4.98 Å². The molecule has 1 aliphatic rings. The third-order valence-corrected chi connectivity index (χ3v) is 2.53. The van der Waals surface area contributed by atoms with E-state index in [1.807, 2.05) is 0 Å². The maximum absolute atomic E-state index is 5.97. The first-order chi connectivity index (χ1) is 5.83. The molecule has 0 saturated heterocycles. The van der Waals surface area contributed by atoms with Gasteiger partial charge in [-0.1, -0.05) is 18.5 Å². The summed E-state index contributed by atoms with van der Waals surface area (Å²) in [5, 5.41) is 3.94. The summed E-state index contributed by atoms with van der Waals surface area (Å²) in [6.45, 7) is 4.98. The molecule has 2 heterocycles. The van der Waals surface area contributed by atoms with Crippen molar-refractivity contribution in [2.24, 2.45) is 0 Å². The van der Waals surface area contributed by atoms with E-state index in [4.69, 9.17) is 11.6 Å². The summed E-state index contributed by atoms with van der Waals surface area (Å²) >= 11 is 5.97. The molecule has 4 heteroatoms. The number of aryl methyl sites for hydroxylation is 1. The van der Waals surface area contributed by atoms with Gasteiger partial charge in [0.05, 0.1) is 5.69 Å². The van der Waals surface area contributed by atoms with Crippen LogP contribution in [0.25, 0.3) is 0 Å². The Morgan fingerprint density at radius 3 is 3.25 bits per heavy atom. The molecule has 0 unspecified atom stereocenters. The van der Waals surface area contributed by atoms with Gasteiger partial charge < -0.3 is 9.88 Å². The maximum atomic E-state index is 5.97. The van der Waals surface area contributed by atoms with E-state index < -0.39 is 0 Å². The molecule has 1 aromatic heterocycles. The number of halogens is 1. The Morgan fingerprint density at radius 1 is 1.67 bits per heavy atom. The summed E-state index contributed by atoms with van der Waals surface area (Å²) < 4.78 is 2.22. The predicted octanol–water partition coefficient (Wildman–Crippen LogP) is 1.20. The molecule has 1 aliphatic heterocycles. The minimum absolute atomic E-state index is 0.666. The molecule has 1 aromatic rings. The van der Waals surface area contributed by atoms with Gasteiger partial charge in [0.2, 0.25) is 0 Å². The molecular formula is C8H12ClN3. The molecule has 0 saturated carbocycles. The number of rotatable bonds is 1. The standard InChI is InChI=1S/C8H12ClN3/c1-2-7-11-8(9)6-5-10-3-4-12(6)7/h10H,2-5H2,1H3. The second kappa shape index (κ2) is 3.07. The van der Waals surface area contributed by atoms with Crippen LogP contribution in [-0.4, -0.2) is 16.1 Å². The molecule has 66 valence electrons. The number of hydrogen-bond donors (Lipinski definition) is 1. The Kier molecular flexibility index (Phi) is 2.07. The monoisotopic (exact) mass is 185 g/mol. The zero-order valence-corrected chi connectivity index (χ0v) is 7.86. The lowest BCUT2D eigenvalue weighted by Crippen LogP contribution is -2.28. The summed E-state index contributed by atoms with van der Waals surface area (Å²) in [5.74, 6) is 1.11. The van der Waals surface area contributed by atoms with Gasteiger partial charge in [0.1, 0.15) is 5.82 Å². The predicted molar refractivity (Wildman–Crippen MR) is 48.3 cm³/mol. The third-order valence-electron chi connectivity index (χ3n) is 2.22. The molecule has 1 N–H and O–H groups in total. The highest BCUT2D eigenvalue weighted by Crippen LogP contribution is 2.19. The maximum Gasteiger partial charge on any atom is 0.151 e. The van der Waals surface area contributed by atoms with Crippen LogP contribution in [0.3, 0.4) is 0 Å². The molecule has 0 amide bonds. The van der Waals surface area contributed by atoms with E-state index in [-0.39, 0.29) is 0 Å². The van der Waals surface area contributed by atoms with Crippen molar-refractivity contribution < 1.29 is 0 Å². The summed E-state index contributed by atoms with van der Waals surface area (Å²) in [4.78, 5) is 4.30. The number of fused-ring (bicyclic) bond motifs is 1. The van der Waals surface area contributed by atoms with Crippen LogP contribution in [0.2, 0.25) is 5.15 Å². The van der Waals surface area contributed by atoms with E-state index in [0.717, 1.165) is 37.6 Å². The van der Waals surface area contributed by atoms with Crippen LogP contribution in [0.4, 0.5) is 0 Å². The van der Waals surface area contributed by atoms with E-state index >= 15 is 0 Å². The molecule has 0 aliphatic carbocycles. The summed E-state index contributed by atoms with van der Waals surface area (Å²) in [6, 6.07) is 0. The highest BCUT2D eigenvalue weighted by molar-refractivity contribution is 6.30. The topological polar surface area (TPSA) is 29.9 Å². The Bertz CT molecular complexity index is 293. The average molecular weight is 186 g/mol. The van der Waals surface area contributed by atoms with Crippen LogP contribution < -0.4 is 5.32 Å². The number of aromatic nitrogens is 2. The van der Waals surface area contributed by atoms with Crippen molar-refractivity contribution in [3.8, 4) is 0 Å². The van der Waals surface area contributed by atoms with Crippen LogP contribution in [-0.2, 0) is 19.5 Å². The number of hydrogen-bond acceptors (Lipinski definition) is 2. The van der Waals surface area contributed by atoms with Gasteiger partial charge in [0, 0.05) is 26.1 Å². The van der Waals surface area contributed by atoms with Gasteiger partial charge in [-0.3, -0.25) is 0 Å². The Balaban J connectivity index is 2.47. The van der Waals surface area contributed by atoms with E-state index in [9.17, 15) is 0 Å². The molecule has 0 atom stereocenters. The molecule has 2 rings (SSSR count). The van der Waals surface area contributed by atoms with Crippen LogP contribution in [0.5, 0.6) is 0 Å². The zero-order chi connectivity index (χ0) is 8.55. The fourth-order valence-corrected chi connectivity index (χ4v) is 1.87. The normalized spacial score (nSPS) is 16.2. The molecule has 3 nitrogen and oxygen atoms in total. The average Bonchev–Trinajstić information content (AvgIpc) is 2.44. The van der Waals surface area contributed by atoms with Gasteiger partial charge in [-0.15, -0.1) is 0 Å². The van der Waals surface area contributed by atoms with Crippen molar-refractivity contribution in [2.45, 2.75) is 26.4 Å². The molecule has 0 bridgehead atoms. The molecule has 0 radical (unpaired) electrons. The minimum atomic E-state index is 0.666. The van der Waals surface area contributed by atoms with E-state index in [2.05, 4.69) is 21.8 Å². The lowest BCUT2D eigenvalue weighted by molar-refractivity contribution is 0.502. The van der Waals surface area contributed by atoms with Gasteiger partial charge in [-0.05, 0) is 0 Å². The van der Waals surface area contributed by atoms with Gasteiger partial charge >= 0.3 is 0 Å². The van der Waals surface area contributed by atoms with Gasteiger partial charge in [-0.2, -0.15) is 0 Å². The van der Waals surface area contributed by atoms with Crippen molar-refractivity contribution >= 4 is 11.6 Å². The van der Waals surface area contributed by atoms with Crippen molar-refractivity contribution in [3.05, 3.63) is 16.7 Å². The molecule has 0 spiro atoms. The zero-order valence-electron chi connectivity index (χ0n) is 7.10. The van der Waals surface area contributed by atoms with Crippen LogP contribution in [0.15, 0.2) is 0 Å². The molecular weight excluding hydrogens is 174 g/mol. The smallest absolute Gasteiger partial charge is 0.151 e. The van der Waals surface area contributed by atoms with E-state index in [0.29, 0.717) is 5.15 Å². The molecule has 12 heavy (non-hydrogen) atoms. The number of nitrogens with zero attached hydrogens (tertiary/aromatic N) is 2. The van der Waals surface area contributed by atoms with Crippen molar-refractivity contribution in [2.75, 3.05) is 6.54 Å². The second-order valence-corrected chi connectivity index (χ2v) is 3.31. The minimum Gasteiger partial charge on any atom is -0.328 e. The highest BCUT2D eigenvalue weighted by Gasteiger charge is 2.16. The fourth-order valence-electron chi connectivity index (χ4n) is 1.61.